The molecule has 134 valence electrons. The third kappa shape index (κ3) is 4.18. The van der Waals surface area contributed by atoms with E-state index in [0.717, 1.165) is 21.9 Å². The second-order valence-corrected chi connectivity index (χ2v) is 7.51. The first-order valence-electron chi connectivity index (χ1n) is 7.95. The van der Waals surface area contributed by atoms with Gasteiger partial charge in [-0.1, -0.05) is 23.2 Å². The Morgan fingerprint density at radius 3 is 2.62 bits per heavy atom. The van der Waals surface area contributed by atoms with Gasteiger partial charge < -0.3 is 4.74 Å². The number of aromatic nitrogens is 1. The minimum Gasteiger partial charge on any atom is -0.494 e. The number of carbonyl (C=O) groups excluding carboxylic acids is 1. The van der Waals surface area contributed by atoms with E-state index in [1.54, 1.807) is 12.1 Å². The van der Waals surface area contributed by atoms with E-state index in [1.165, 1.54) is 17.4 Å². The van der Waals surface area contributed by atoms with Crippen LogP contribution < -0.4 is 10.1 Å². The Morgan fingerprint density at radius 1 is 1.19 bits per heavy atom. The van der Waals surface area contributed by atoms with Crippen LogP contribution in [0.5, 0.6) is 5.75 Å². The van der Waals surface area contributed by atoms with Gasteiger partial charge in [-0.05, 0) is 56.3 Å². The fourth-order valence-electron chi connectivity index (χ4n) is 2.43. The topological polar surface area (TPSA) is 51.2 Å². The number of benzene rings is 2. The highest BCUT2D eigenvalue weighted by Gasteiger charge is 2.15. The summed E-state index contributed by atoms with van der Waals surface area (Å²) < 4.78 is 5.46. The number of hydrogen-bond donors (Lipinski definition) is 1. The molecule has 0 aliphatic heterocycles. The first-order valence-corrected chi connectivity index (χ1v) is 9.52. The van der Waals surface area contributed by atoms with E-state index >= 15 is 0 Å². The van der Waals surface area contributed by atoms with Crippen molar-refractivity contribution in [3.8, 4) is 17.0 Å². The van der Waals surface area contributed by atoms with Gasteiger partial charge in [-0.25, -0.2) is 4.98 Å². The largest absolute Gasteiger partial charge is 0.494 e. The highest BCUT2D eigenvalue weighted by atomic mass is 35.5. The molecule has 0 spiro atoms. The second kappa shape index (κ2) is 8.08. The number of nitrogens with zero attached hydrogens (tertiary/aromatic N) is 1. The van der Waals surface area contributed by atoms with Gasteiger partial charge >= 0.3 is 0 Å². The maximum Gasteiger partial charge on any atom is 0.259 e. The van der Waals surface area contributed by atoms with E-state index in [0.29, 0.717) is 27.3 Å². The predicted octanol–water partition coefficient (Wildman–Crippen LogP) is 6.08. The zero-order valence-electron chi connectivity index (χ0n) is 14.2. The van der Waals surface area contributed by atoms with E-state index in [2.05, 4.69) is 10.3 Å². The second-order valence-electron chi connectivity index (χ2n) is 5.46. The Morgan fingerprint density at radius 2 is 1.92 bits per heavy atom. The SMILES string of the molecule is CCOc1ccc(-c2nc(NC(=O)c3cc(Cl)ccc3Cl)sc2C)cc1. The van der Waals surface area contributed by atoms with Crippen molar-refractivity contribution in [1.82, 2.24) is 4.98 Å². The molecule has 0 atom stereocenters. The average molecular weight is 407 g/mol. The predicted molar refractivity (Wildman–Crippen MR) is 108 cm³/mol. The van der Waals surface area contributed by atoms with Crippen molar-refractivity contribution in [2.24, 2.45) is 0 Å². The molecule has 0 bridgehead atoms. The van der Waals surface area contributed by atoms with Crippen LogP contribution >= 0.6 is 34.5 Å². The number of nitrogens with one attached hydrogen (secondary N) is 1. The van der Waals surface area contributed by atoms with Gasteiger partial charge in [0.2, 0.25) is 0 Å². The molecule has 3 aromatic rings. The Hall–Kier alpha value is -2.08. The van der Waals surface area contributed by atoms with Crippen LogP contribution in [0, 0.1) is 6.92 Å². The van der Waals surface area contributed by atoms with Gasteiger partial charge in [-0.3, -0.25) is 10.1 Å². The fourth-order valence-corrected chi connectivity index (χ4v) is 3.64. The molecule has 1 aromatic heterocycles. The van der Waals surface area contributed by atoms with E-state index in [-0.39, 0.29) is 5.91 Å². The summed E-state index contributed by atoms with van der Waals surface area (Å²) in [5.41, 5.74) is 2.10. The van der Waals surface area contributed by atoms with Crippen LogP contribution in [0.2, 0.25) is 10.0 Å². The molecule has 0 unspecified atom stereocenters. The van der Waals surface area contributed by atoms with Crippen LogP contribution in [0.15, 0.2) is 42.5 Å². The number of amides is 1. The fraction of sp³-hybridized carbons (Fsp3) is 0.158. The van der Waals surface area contributed by atoms with Crippen molar-refractivity contribution in [1.29, 1.82) is 0 Å². The zero-order chi connectivity index (χ0) is 18.7. The highest BCUT2D eigenvalue weighted by Crippen LogP contribution is 2.32. The van der Waals surface area contributed by atoms with Crippen LogP contribution in [0.25, 0.3) is 11.3 Å². The number of ether oxygens (including phenoxy) is 1. The molecule has 7 heteroatoms. The van der Waals surface area contributed by atoms with Gasteiger partial charge in [0.15, 0.2) is 5.13 Å². The molecule has 2 aromatic carbocycles. The summed E-state index contributed by atoms with van der Waals surface area (Å²) in [7, 11) is 0. The molecule has 4 nitrogen and oxygen atoms in total. The molecular formula is C19H16Cl2N2O2S. The van der Waals surface area contributed by atoms with Crippen molar-refractivity contribution >= 4 is 45.6 Å². The smallest absolute Gasteiger partial charge is 0.259 e. The summed E-state index contributed by atoms with van der Waals surface area (Å²) in [4.78, 5) is 18.0. The molecular weight excluding hydrogens is 391 g/mol. The van der Waals surface area contributed by atoms with Gasteiger partial charge in [0.1, 0.15) is 5.75 Å². The summed E-state index contributed by atoms with van der Waals surface area (Å²) in [6.45, 7) is 4.53. The Balaban J connectivity index is 1.81. The standard InChI is InChI=1S/C19H16Cl2N2O2S/c1-3-25-14-7-4-12(5-8-14)17-11(2)26-19(22-17)23-18(24)15-10-13(20)6-9-16(15)21/h4-10H,3H2,1-2H3,(H,22,23,24). The van der Waals surface area contributed by atoms with Gasteiger partial charge in [-0.2, -0.15) is 0 Å². The molecule has 0 fully saturated rings. The minimum atomic E-state index is -0.343. The van der Waals surface area contributed by atoms with Crippen LogP contribution in [-0.4, -0.2) is 17.5 Å². The quantitative estimate of drug-likeness (QED) is 0.558. The van der Waals surface area contributed by atoms with E-state index in [4.69, 9.17) is 27.9 Å². The Kier molecular flexibility index (Phi) is 5.81. The van der Waals surface area contributed by atoms with Crippen molar-refractivity contribution in [3.05, 3.63) is 63.0 Å². The number of rotatable bonds is 5. The summed E-state index contributed by atoms with van der Waals surface area (Å²) in [6, 6.07) is 12.5. The maximum atomic E-state index is 12.5. The van der Waals surface area contributed by atoms with Crippen LogP contribution in [0.1, 0.15) is 22.2 Å². The van der Waals surface area contributed by atoms with Gasteiger partial charge in [0.25, 0.3) is 5.91 Å². The van der Waals surface area contributed by atoms with E-state index in [9.17, 15) is 4.79 Å². The van der Waals surface area contributed by atoms with Crippen LogP contribution in [0.4, 0.5) is 5.13 Å². The molecule has 1 amide bonds. The van der Waals surface area contributed by atoms with E-state index in [1.807, 2.05) is 38.1 Å². The summed E-state index contributed by atoms with van der Waals surface area (Å²) in [5, 5.41) is 4.09. The van der Waals surface area contributed by atoms with Crippen LogP contribution in [0.3, 0.4) is 0 Å². The van der Waals surface area contributed by atoms with Crippen molar-refractivity contribution in [2.45, 2.75) is 13.8 Å². The lowest BCUT2D eigenvalue weighted by Crippen LogP contribution is -2.12. The van der Waals surface area contributed by atoms with Gasteiger partial charge in [0.05, 0.1) is 22.9 Å². The number of hydrogen-bond acceptors (Lipinski definition) is 4. The molecule has 0 aliphatic rings. The molecule has 0 saturated heterocycles. The number of carbonyl (C=O) groups is 1. The molecule has 26 heavy (non-hydrogen) atoms. The number of halogens is 2. The lowest BCUT2D eigenvalue weighted by molar-refractivity contribution is 0.102. The molecule has 1 N–H and O–H groups in total. The molecule has 3 rings (SSSR count). The zero-order valence-corrected chi connectivity index (χ0v) is 16.5. The van der Waals surface area contributed by atoms with Gasteiger partial charge in [0, 0.05) is 15.5 Å². The van der Waals surface area contributed by atoms with Crippen LogP contribution in [-0.2, 0) is 0 Å². The Labute approximate surface area is 165 Å². The maximum absolute atomic E-state index is 12.5. The number of anilines is 1. The summed E-state index contributed by atoms with van der Waals surface area (Å²) >= 11 is 13.4. The molecule has 0 aliphatic carbocycles. The first-order chi connectivity index (χ1) is 12.5. The minimum absolute atomic E-state index is 0.314. The lowest BCUT2D eigenvalue weighted by atomic mass is 10.1. The third-order valence-electron chi connectivity index (χ3n) is 3.63. The average Bonchev–Trinajstić information content (AvgIpc) is 2.98. The lowest BCUT2D eigenvalue weighted by Gasteiger charge is -2.05. The molecule has 1 heterocycles. The third-order valence-corrected chi connectivity index (χ3v) is 5.08. The van der Waals surface area contributed by atoms with Crippen molar-refractivity contribution in [2.75, 3.05) is 11.9 Å². The number of thiazole rings is 1. The normalized spacial score (nSPS) is 10.6. The number of aryl methyl sites for hydroxylation is 1. The monoisotopic (exact) mass is 406 g/mol. The highest BCUT2D eigenvalue weighted by molar-refractivity contribution is 7.16. The summed E-state index contributed by atoms with van der Waals surface area (Å²) in [6.07, 6.45) is 0. The van der Waals surface area contributed by atoms with Crippen molar-refractivity contribution in [3.63, 3.8) is 0 Å². The van der Waals surface area contributed by atoms with Crippen molar-refractivity contribution < 1.29 is 9.53 Å². The first kappa shape index (κ1) is 18.7. The van der Waals surface area contributed by atoms with Gasteiger partial charge in [-0.15, -0.1) is 11.3 Å². The summed E-state index contributed by atoms with van der Waals surface area (Å²) in [5.74, 6) is 0.470. The molecule has 0 radical (unpaired) electrons. The van der Waals surface area contributed by atoms with E-state index < -0.39 is 0 Å². The molecule has 0 saturated carbocycles. The Bertz CT molecular complexity index is 939.